The lowest BCUT2D eigenvalue weighted by Gasteiger charge is -2.03. The van der Waals surface area contributed by atoms with Crippen LogP contribution >= 0.6 is 11.3 Å². The average Bonchev–Trinajstić information content (AvgIpc) is 2.86. The van der Waals surface area contributed by atoms with Crippen molar-refractivity contribution >= 4 is 22.4 Å². The summed E-state index contributed by atoms with van der Waals surface area (Å²) < 4.78 is 13.0. The quantitative estimate of drug-likeness (QED) is 0.734. The highest BCUT2D eigenvalue weighted by Crippen LogP contribution is 2.22. The van der Waals surface area contributed by atoms with Crippen LogP contribution in [-0.2, 0) is 0 Å². The summed E-state index contributed by atoms with van der Waals surface area (Å²) in [6, 6.07) is 3.09. The second kappa shape index (κ2) is 6.14. The Balaban J connectivity index is 2.15. The van der Waals surface area contributed by atoms with Gasteiger partial charge in [0.15, 0.2) is 5.13 Å². The molecule has 3 N–H and O–H groups in total. The van der Waals surface area contributed by atoms with Crippen molar-refractivity contribution in [3.05, 3.63) is 40.7 Å². The first-order valence-electron chi connectivity index (χ1n) is 5.45. The number of aliphatic hydroxyl groups is 1. The van der Waals surface area contributed by atoms with E-state index in [1.807, 2.05) is 0 Å². The molecule has 1 amide bonds. The third-order valence-corrected chi connectivity index (χ3v) is 3.05. The maximum absolute atomic E-state index is 13.0. The molecule has 7 heteroatoms. The molecule has 0 unspecified atom stereocenters. The van der Waals surface area contributed by atoms with Crippen LogP contribution in [-0.4, -0.2) is 27.7 Å². The third kappa shape index (κ3) is 3.32. The number of carbonyl (C=O) groups excluding carboxylic acids is 1. The number of hydrogen-bond donors (Lipinski definition) is 3. The lowest BCUT2D eigenvalue weighted by Crippen LogP contribution is -2.12. The number of carbonyl (C=O) groups is 1. The van der Waals surface area contributed by atoms with Gasteiger partial charge in [-0.15, -0.1) is 0 Å². The number of thiazole rings is 1. The standard InChI is InChI=1S/C13H9FN2O3S/c14-8-3-4-11(18)10(6-8)12(19)16-13-15-7-9(20-13)2-1-5-17/h3-4,6-7,17-18H,5H2,(H,15,16,19). The largest absolute Gasteiger partial charge is 0.507 e. The number of aliphatic hydroxyl groups excluding tert-OH is 1. The highest BCUT2D eigenvalue weighted by atomic mass is 32.1. The second-order valence-electron chi connectivity index (χ2n) is 3.61. The van der Waals surface area contributed by atoms with E-state index in [4.69, 9.17) is 5.11 Å². The number of nitrogens with zero attached hydrogens (tertiary/aromatic N) is 1. The van der Waals surface area contributed by atoms with Crippen molar-refractivity contribution in [2.24, 2.45) is 0 Å². The number of amides is 1. The highest BCUT2D eigenvalue weighted by molar-refractivity contribution is 7.16. The number of anilines is 1. The number of aromatic hydroxyl groups is 1. The number of benzene rings is 1. The zero-order valence-electron chi connectivity index (χ0n) is 10.1. The molecule has 0 aliphatic heterocycles. The first-order chi connectivity index (χ1) is 9.60. The van der Waals surface area contributed by atoms with Crippen LogP contribution in [0.25, 0.3) is 0 Å². The van der Waals surface area contributed by atoms with Gasteiger partial charge in [-0.3, -0.25) is 10.1 Å². The van der Waals surface area contributed by atoms with Gasteiger partial charge in [-0.2, -0.15) is 0 Å². The predicted molar refractivity (Wildman–Crippen MR) is 72.1 cm³/mol. The molecule has 0 bridgehead atoms. The maximum Gasteiger partial charge on any atom is 0.261 e. The van der Waals surface area contributed by atoms with Crippen molar-refractivity contribution in [3.63, 3.8) is 0 Å². The molecule has 2 aromatic rings. The first-order valence-corrected chi connectivity index (χ1v) is 6.27. The molecule has 102 valence electrons. The summed E-state index contributed by atoms with van der Waals surface area (Å²) in [6.45, 7) is -0.267. The van der Waals surface area contributed by atoms with Gasteiger partial charge in [-0.25, -0.2) is 9.37 Å². The van der Waals surface area contributed by atoms with Crippen molar-refractivity contribution in [2.45, 2.75) is 0 Å². The van der Waals surface area contributed by atoms with Crippen LogP contribution in [0.5, 0.6) is 5.75 Å². The van der Waals surface area contributed by atoms with Crippen molar-refractivity contribution in [3.8, 4) is 17.6 Å². The van der Waals surface area contributed by atoms with Crippen LogP contribution in [0.2, 0.25) is 0 Å². The second-order valence-corrected chi connectivity index (χ2v) is 4.64. The Kier molecular flexibility index (Phi) is 4.30. The highest BCUT2D eigenvalue weighted by Gasteiger charge is 2.13. The molecule has 0 fully saturated rings. The van der Waals surface area contributed by atoms with Gasteiger partial charge in [0.2, 0.25) is 0 Å². The van der Waals surface area contributed by atoms with Crippen LogP contribution in [0, 0.1) is 17.7 Å². The summed E-state index contributed by atoms with van der Waals surface area (Å²) in [5.74, 6) is 3.49. The number of phenols is 1. The first kappa shape index (κ1) is 14.0. The monoisotopic (exact) mass is 292 g/mol. The fraction of sp³-hybridized carbons (Fsp3) is 0.0769. The summed E-state index contributed by atoms with van der Waals surface area (Å²) in [5, 5.41) is 20.8. The smallest absolute Gasteiger partial charge is 0.261 e. The van der Waals surface area contributed by atoms with E-state index in [9.17, 15) is 14.3 Å². The van der Waals surface area contributed by atoms with Gasteiger partial charge in [0.25, 0.3) is 5.91 Å². The molecule has 1 aromatic heterocycles. The van der Waals surface area contributed by atoms with Crippen LogP contribution in [0.3, 0.4) is 0 Å². The topological polar surface area (TPSA) is 82.5 Å². The van der Waals surface area contributed by atoms with Crippen LogP contribution in [0.4, 0.5) is 9.52 Å². The maximum atomic E-state index is 13.0. The van der Waals surface area contributed by atoms with E-state index in [-0.39, 0.29) is 23.1 Å². The molecular weight excluding hydrogens is 283 g/mol. The van der Waals surface area contributed by atoms with Crippen molar-refractivity contribution < 1.29 is 19.4 Å². The Bertz CT molecular complexity index is 703. The molecule has 1 aromatic carbocycles. The third-order valence-electron chi connectivity index (χ3n) is 2.22. The molecule has 2 rings (SSSR count). The Morgan fingerprint density at radius 1 is 1.50 bits per heavy atom. The van der Waals surface area contributed by atoms with Crippen LogP contribution in [0.15, 0.2) is 24.4 Å². The minimum absolute atomic E-state index is 0.178. The number of halogens is 1. The Labute approximate surface area is 117 Å². The Morgan fingerprint density at radius 2 is 2.30 bits per heavy atom. The lowest BCUT2D eigenvalue weighted by atomic mass is 10.2. The predicted octanol–water partition coefficient (Wildman–Crippen LogP) is 1.58. The zero-order chi connectivity index (χ0) is 14.5. The van der Waals surface area contributed by atoms with Gasteiger partial charge in [0, 0.05) is 0 Å². The van der Waals surface area contributed by atoms with E-state index < -0.39 is 11.7 Å². The van der Waals surface area contributed by atoms with Crippen molar-refractivity contribution in [2.75, 3.05) is 11.9 Å². The molecule has 0 saturated heterocycles. The fourth-order valence-corrected chi connectivity index (χ4v) is 2.06. The van der Waals surface area contributed by atoms with E-state index in [2.05, 4.69) is 22.1 Å². The van der Waals surface area contributed by atoms with Gasteiger partial charge in [-0.05, 0) is 18.2 Å². The fourth-order valence-electron chi connectivity index (χ4n) is 1.37. The molecule has 20 heavy (non-hydrogen) atoms. The summed E-state index contributed by atoms with van der Waals surface area (Å²) in [6.07, 6.45) is 1.44. The van der Waals surface area contributed by atoms with E-state index in [1.54, 1.807) is 0 Å². The number of rotatable bonds is 2. The van der Waals surface area contributed by atoms with Gasteiger partial charge < -0.3 is 10.2 Å². The zero-order valence-corrected chi connectivity index (χ0v) is 10.9. The van der Waals surface area contributed by atoms with Gasteiger partial charge in [0.1, 0.15) is 18.2 Å². The summed E-state index contributed by atoms with van der Waals surface area (Å²) in [5.41, 5.74) is -0.178. The SMILES string of the molecule is O=C(Nc1ncc(C#CCO)s1)c1cc(F)ccc1O. The lowest BCUT2D eigenvalue weighted by molar-refractivity contribution is 0.102. The number of phenolic OH excluding ortho intramolecular Hbond substituents is 1. The van der Waals surface area contributed by atoms with E-state index >= 15 is 0 Å². The van der Waals surface area contributed by atoms with E-state index in [0.29, 0.717) is 4.88 Å². The van der Waals surface area contributed by atoms with Crippen molar-refractivity contribution in [1.82, 2.24) is 4.98 Å². The Morgan fingerprint density at radius 3 is 3.05 bits per heavy atom. The molecule has 0 saturated carbocycles. The Hall–Kier alpha value is -2.43. The summed E-state index contributed by atoms with van der Waals surface area (Å²) in [7, 11) is 0. The average molecular weight is 292 g/mol. The molecule has 0 aliphatic carbocycles. The van der Waals surface area contributed by atoms with Gasteiger partial charge in [0.05, 0.1) is 16.6 Å². The van der Waals surface area contributed by atoms with Gasteiger partial charge in [-0.1, -0.05) is 23.2 Å². The van der Waals surface area contributed by atoms with Crippen LogP contribution in [0.1, 0.15) is 15.2 Å². The number of hydrogen-bond acceptors (Lipinski definition) is 5. The minimum Gasteiger partial charge on any atom is -0.507 e. The van der Waals surface area contributed by atoms with Gasteiger partial charge >= 0.3 is 0 Å². The molecule has 1 heterocycles. The van der Waals surface area contributed by atoms with Crippen molar-refractivity contribution in [1.29, 1.82) is 0 Å². The molecule has 0 radical (unpaired) electrons. The summed E-state index contributed by atoms with van der Waals surface area (Å²) in [4.78, 5) is 16.3. The van der Waals surface area contributed by atoms with Crippen LogP contribution < -0.4 is 5.32 Å². The number of aromatic nitrogens is 1. The summed E-state index contributed by atoms with van der Waals surface area (Å²) >= 11 is 1.10. The number of nitrogens with one attached hydrogen (secondary N) is 1. The molecule has 0 aliphatic rings. The molecule has 0 atom stereocenters. The van der Waals surface area contributed by atoms with E-state index in [1.165, 1.54) is 6.20 Å². The molecule has 5 nitrogen and oxygen atoms in total. The molecular formula is C13H9FN2O3S. The molecule has 0 spiro atoms. The normalized spacial score (nSPS) is 9.70. The minimum atomic E-state index is -0.669. The van der Waals surface area contributed by atoms with E-state index in [0.717, 1.165) is 29.5 Å².